The first-order valence-electron chi connectivity index (χ1n) is 12.0. The maximum absolute atomic E-state index is 9.67. The second kappa shape index (κ2) is 10.8. The lowest BCUT2D eigenvalue weighted by Crippen LogP contribution is -2.27. The van der Waals surface area contributed by atoms with Crippen LogP contribution >= 0.6 is 11.6 Å². The lowest BCUT2D eigenvalue weighted by Gasteiger charge is -2.24. The first kappa shape index (κ1) is 25.1. The zero-order valence-corrected chi connectivity index (χ0v) is 21.3. The topological polar surface area (TPSA) is 147 Å². The van der Waals surface area contributed by atoms with E-state index in [-0.39, 0.29) is 30.8 Å². The number of fused-ring (bicyclic) bond motifs is 1. The monoisotopic (exact) mass is 529 g/mol. The Kier molecular flexibility index (Phi) is 7.13. The third-order valence-electron chi connectivity index (χ3n) is 6.11. The van der Waals surface area contributed by atoms with Crippen molar-refractivity contribution in [1.82, 2.24) is 19.6 Å². The lowest BCUT2D eigenvalue weighted by molar-refractivity contribution is 0.311. The largest absolute Gasteiger partial charge is 0.497 e. The fourth-order valence-electron chi connectivity index (χ4n) is 4.10. The van der Waals surface area contributed by atoms with E-state index in [0.717, 1.165) is 24.2 Å². The van der Waals surface area contributed by atoms with Crippen LogP contribution in [0, 0.1) is 22.7 Å². The summed E-state index contributed by atoms with van der Waals surface area (Å²) in [6, 6.07) is 15.5. The molecule has 11 nitrogen and oxygen atoms in total. The van der Waals surface area contributed by atoms with Crippen LogP contribution in [0.5, 0.6) is 5.75 Å². The molecule has 0 radical (unpaired) electrons. The van der Waals surface area contributed by atoms with Gasteiger partial charge in [0.15, 0.2) is 17.2 Å². The number of aromatic nitrogens is 4. The number of aliphatic hydroxyl groups excluding tert-OH is 1. The van der Waals surface area contributed by atoms with Crippen molar-refractivity contribution >= 4 is 40.4 Å². The van der Waals surface area contributed by atoms with E-state index >= 15 is 0 Å². The molecular formula is C26H24ClN9O2. The van der Waals surface area contributed by atoms with Gasteiger partial charge in [0.2, 0.25) is 5.95 Å². The Labute approximate surface area is 223 Å². The van der Waals surface area contributed by atoms with E-state index in [1.807, 2.05) is 24.3 Å². The highest BCUT2D eigenvalue weighted by Gasteiger charge is 2.33. The minimum Gasteiger partial charge on any atom is -0.497 e. The summed E-state index contributed by atoms with van der Waals surface area (Å²) < 4.78 is 6.75. The number of nitriles is 2. The molecule has 5 rings (SSSR count). The van der Waals surface area contributed by atoms with Crippen molar-refractivity contribution in [2.24, 2.45) is 0 Å². The molecule has 2 aromatic carbocycles. The third-order valence-corrected chi connectivity index (χ3v) is 6.51. The smallest absolute Gasteiger partial charge is 0.247 e. The molecule has 0 aliphatic heterocycles. The van der Waals surface area contributed by atoms with E-state index in [4.69, 9.17) is 21.3 Å². The second-order valence-electron chi connectivity index (χ2n) is 8.73. The van der Waals surface area contributed by atoms with Gasteiger partial charge in [-0.15, -0.1) is 5.10 Å². The molecule has 3 N–H and O–H groups in total. The number of hydrogen-bond acceptors (Lipinski definition) is 10. The molecular weight excluding hydrogens is 506 g/mol. The highest BCUT2D eigenvalue weighted by Crippen LogP contribution is 2.36. The highest BCUT2D eigenvalue weighted by atomic mass is 35.5. The minimum atomic E-state index is -0.0955. The molecule has 0 atom stereocenters. The van der Waals surface area contributed by atoms with Crippen molar-refractivity contribution in [2.75, 3.05) is 35.8 Å². The summed E-state index contributed by atoms with van der Waals surface area (Å²) in [7, 11) is 1.63. The number of benzene rings is 2. The van der Waals surface area contributed by atoms with Crippen LogP contribution in [0.1, 0.15) is 29.7 Å². The van der Waals surface area contributed by atoms with Crippen molar-refractivity contribution < 1.29 is 9.84 Å². The number of methoxy groups -OCH3 is 1. The Bertz CT molecular complexity index is 1550. The molecule has 0 amide bonds. The molecule has 38 heavy (non-hydrogen) atoms. The molecule has 0 bridgehead atoms. The number of hydrogen-bond donors (Lipinski definition) is 3. The Hall–Kier alpha value is -4.58. The fraction of sp³-hybridized carbons (Fsp3) is 0.269. The van der Waals surface area contributed by atoms with E-state index in [1.54, 1.807) is 19.2 Å². The molecule has 0 saturated heterocycles. The zero-order valence-electron chi connectivity index (χ0n) is 20.5. The Morgan fingerprint density at radius 1 is 1.18 bits per heavy atom. The number of ether oxygens (including phenoxy) is 1. The molecule has 2 heterocycles. The zero-order chi connectivity index (χ0) is 26.6. The summed E-state index contributed by atoms with van der Waals surface area (Å²) in [5.41, 5.74) is 3.05. The van der Waals surface area contributed by atoms with Gasteiger partial charge in [-0.3, -0.25) is 0 Å². The predicted molar refractivity (Wildman–Crippen MR) is 143 cm³/mol. The van der Waals surface area contributed by atoms with Gasteiger partial charge in [-0.1, -0.05) is 23.7 Å². The molecule has 1 saturated carbocycles. The van der Waals surface area contributed by atoms with Gasteiger partial charge in [-0.05, 0) is 42.7 Å². The molecule has 4 aromatic rings. The standard InChI is InChI=1S/C26H24ClN9O2/c1-38-20-6-2-16(3-7-20)15-35(18-4-5-18)25-24-31-14-19(13-29)36(24)34-26(33-25)32-22-11-17(12-28)10-21(23(22)27)30-8-9-37/h2-3,6-7,10-11,14,18,30,37H,4-5,8-9,15H2,1H3,(H,32,34). The number of aliphatic hydroxyl groups is 1. The summed E-state index contributed by atoms with van der Waals surface area (Å²) in [5, 5.41) is 39.3. The van der Waals surface area contributed by atoms with Crippen LogP contribution in [0.15, 0.2) is 42.6 Å². The van der Waals surface area contributed by atoms with Crippen LogP contribution in [0.3, 0.4) is 0 Å². The quantitative estimate of drug-likeness (QED) is 0.276. The van der Waals surface area contributed by atoms with Crippen LogP contribution in [0.25, 0.3) is 5.65 Å². The Balaban J connectivity index is 1.57. The SMILES string of the molecule is COc1ccc(CN(c2nc(Nc3cc(C#N)cc(NCCO)c3Cl)nn3c(C#N)cnc23)C2CC2)cc1. The molecule has 0 spiro atoms. The summed E-state index contributed by atoms with van der Waals surface area (Å²) in [5.74, 6) is 1.54. The van der Waals surface area contributed by atoms with Crippen molar-refractivity contribution in [3.63, 3.8) is 0 Å². The predicted octanol–water partition coefficient (Wildman–Crippen LogP) is 3.85. The molecule has 12 heteroatoms. The first-order valence-corrected chi connectivity index (χ1v) is 12.3. The van der Waals surface area contributed by atoms with Gasteiger partial charge in [-0.25, -0.2) is 4.98 Å². The second-order valence-corrected chi connectivity index (χ2v) is 9.11. The highest BCUT2D eigenvalue weighted by molar-refractivity contribution is 6.36. The van der Waals surface area contributed by atoms with Gasteiger partial charge in [0.05, 0.1) is 47.9 Å². The van der Waals surface area contributed by atoms with Gasteiger partial charge in [0.1, 0.15) is 11.8 Å². The van der Waals surface area contributed by atoms with Crippen LogP contribution in [0.4, 0.5) is 23.1 Å². The van der Waals surface area contributed by atoms with E-state index in [0.29, 0.717) is 40.0 Å². The average molecular weight is 530 g/mol. The number of nitrogens with zero attached hydrogens (tertiary/aromatic N) is 7. The number of imidazole rings is 1. The van der Waals surface area contributed by atoms with Crippen LogP contribution in [-0.4, -0.2) is 51.0 Å². The van der Waals surface area contributed by atoms with E-state index in [9.17, 15) is 15.6 Å². The van der Waals surface area contributed by atoms with Crippen LogP contribution in [-0.2, 0) is 6.54 Å². The van der Waals surface area contributed by atoms with Crippen molar-refractivity contribution in [2.45, 2.75) is 25.4 Å². The van der Waals surface area contributed by atoms with E-state index < -0.39 is 0 Å². The fourth-order valence-corrected chi connectivity index (χ4v) is 4.32. The Morgan fingerprint density at radius 2 is 1.95 bits per heavy atom. The van der Waals surface area contributed by atoms with Crippen LogP contribution < -0.4 is 20.3 Å². The van der Waals surface area contributed by atoms with Crippen molar-refractivity contribution in [3.05, 3.63) is 64.4 Å². The van der Waals surface area contributed by atoms with Crippen molar-refractivity contribution in [3.8, 4) is 17.9 Å². The number of halogens is 1. The number of rotatable bonds is 10. The van der Waals surface area contributed by atoms with Gasteiger partial charge in [-0.2, -0.15) is 20.0 Å². The lowest BCUT2D eigenvalue weighted by atomic mass is 10.2. The molecule has 192 valence electrons. The molecule has 1 aliphatic rings. The number of nitrogens with one attached hydrogen (secondary N) is 2. The molecule has 0 unspecified atom stereocenters. The summed E-state index contributed by atoms with van der Waals surface area (Å²) >= 11 is 6.61. The Morgan fingerprint density at radius 3 is 2.61 bits per heavy atom. The minimum absolute atomic E-state index is 0.0955. The van der Waals surface area contributed by atoms with E-state index in [2.05, 4.69) is 37.8 Å². The van der Waals surface area contributed by atoms with E-state index in [1.165, 1.54) is 10.7 Å². The molecule has 2 aromatic heterocycles. The average Bonchev–Trinajstić information content (AvgIpc) is 3.70. The normalized spacial score (nSPS) is 12.6. The summed E-state index contributed by atoms with van der Waals surface area (Å²) in [6.07, 6.45) is 3.49. The maximum atomic E-state index is 9.67. The summed E-state index contributed by atoms with van der Waals surface area (Å²) in [4.78, 5) is 11.4. The first-order chi connectivity index (χ1) is 18.5. The summed E-state index contributed by atoms with van der Waals surface area (Å²) in [6.45, 7) is 0.750. The maximum Gasteiger partial charge on any atom is 0.247 e. The van der Waals surface area contributed by atoms with Gasteiger partial charge >= 0.3 is 0 Å². The number of anilines is 4. The third kappa shape index (κ3) is 5.11. The van der Waals surface area contributed by atoms with Gasteiger partial charge in [0.25, 0.3) is 0 Å². The van der Waals surface area contributed by atoms with Crippen molar-refractivity contribution in [1.29, 1.82) is 10.5 Å². The molecule has 1 aliphatic carbocycles. The van der Waals surface area contributed by atoms with Gasteiger partial charge in [0, 0.05) is 19.1 Å². The van der Waals surface area contributed by atoms with Gasteiger partial charge < -0.3 is 25.4 Å². The molecule has 1 fully saturated rings. The van der Waals surface area contributed by atoms with Crippen LogP contribution in [0.2, 0.25) is 5.02 Å².